The molecule has 1 aliphatic heterocycles. The molecule has 0 radical (unpaired) electrons. The lowest BCUT2D eigenvalue weighted by molar-refractivity contribution is 0.0730. The maximum atomic E-state index is 12.7. The molecule has 0 aliphatic carbocycles. The lowest BCUT2D eigenvalue weighted by Gasteiger charge is -2.26. The first kappa shape index (κ1) is 22.2. The monoisotopic (exact) mass is 448 g/mol. The molecule has 10 heteroatoms. The molecule has 0 unspecified atom stereocenters. The summed E-state index contributed by atoms with van der Waals surface area (Å²) in [5.41, 5.74) is 4.96. The number of methoxy groups -OCH3 is 1. The van der Waals surface area contributed by atoms with Crippen LogP contribution in [0.4, 0.5) is 5.69 Å². The van der Waals surface area contributed by atoms with Crippen molar-refractivity contribution in [3.05, 3.63) is 54.1 Å². The van der Waals surface area contributed by atoms with Gasteiger partial charge in [-0.25, -0.2) is 8.42 Å². The molecule has 2 N–H and O–H groups in total. The van der Waals surface area contributed by atoms with E-state index in [4.69, 9.17) is 21.7 Å². The SMILES string of the molecule is COc1ccccc1NC(=S)N/N=C(\C)c1ccc(S(=O)(=O)N2CCOCC2)cc1. The summed E-state index contributed by atoms with van der Waals surface area (Å²) in [4.78, 5) is 0.252. The Labute approximate surface area is 181 Å². The van der Waals surface area contributed by atoms with Gasteiger partial charge in [-0.05, 0) is 49.0 Å². The highest BCUT2D eigenvalue weighted by Gasteiger charge is 2.26. The molecule has 3 rings (SSSR count). The van der Waals surface area contributed by atoms with Crippen molar-refractivity contribution in [1.82, 2.24) is 9.73 Å². The first-order chi connectivity index (χ1) is 14.4. The number of sulfonamides is 1. The molecule has 0 atom stereocenters. The van der Waals surface area contributed by atoms with Crippen molar-refractivity contribution in [3.8, 4) is 5.75 Å². The Morgan fingerprint density at radius 2 is 1.80 bits per heavy atom. The van der Waals surface area contributed by atoms with Crippen LogP contribution in [-0.4, -0.2) is 57.0 Å². The van der Waals surface area contributed by atoms with Crippen LogP contribution in [0.5, 0.6) is 5.75 Å². The lowest BCUT2D eigenvalue weighted by atomic mass is 10.1. The Morgan fingerprint density at radius 3 is 2.47 bits per heavy atom. The van der Waals surface area contributed by atoms with Gasteiger partial charge in [-0.2, -0.15) is 9.41 Å². The van der Waals surface area contributed by atoms with Gasteiger partial charge in [-0.1, -0.05) is 24.3 Å². The normalized spacial score (nSPS) is 15.5. The van der Waals surface area contributed by atoms with E-state index in [1.165, 1.54) is 4.31 Å². The number of para-hydroxylation sites is 2. The van der Waals surface area contributed by atoms with Gasteiger partial charge in [0.15, 0.2) is 5.11 Å². The fourth-order valence-electron chi connectivity index (χ4n) is 2.90. The Bertz CT molecular complexity index is 1020. The van der Waals surface area contributed by atoms with Gasteiger partial charge in [0.25, 0.3) is 0 Å². The van der Waals surface area contributed by atoms with Crippen molar-refractivity contribution in [3.63, 3.8) is 0 Å². The Morgan fingerprint density at radius 1 is 1.13 bits per heavy atom. The van der Waals surface area contributed by atoms with Crippen LogP contribution in [0.3, 0.4) is 0 Å². The van der Waals surface area contributed by atoms with Crippen molar-refractivity contribution in [2.24, 2.45) is 5.10 Å². The molecule has 2 aromatic carbocycles. The molecule has 1 saturated heterocycles. The van der Waals surface area contributed by atoms with E-state index in [2.05, 4.69) is 15.8 Å². The first-order valence-electron chi connectivity index (χ1n) is 9.34. The van der Waals surface area contributed by atoms with E-state index in [1.54, 1.807) is 31.4 Å². The molecule has 1 heterocycles. The third-order valence-corrected chi connectivity index (χ3v) is 6.67. The lowest BCUT2D eigenvalue weighted by Crippen LogP contribution is -2.40. The first-order valence-corrected chi connectivity index (χ1v) is 11.2. The van der Waals surface area contributed by atoms with Crippen molar-refractivity contribution >= 4 is 38.8 Å². The molecule has 30 heavy (non-hydrogen) atoms. The predicted molar refractivity (Wildman–Crippen MR) is 121 cm³/mol. The molecule has 0 spiro atoms. The number of nitrogens with one attached hydrogen (secondary N) is 2. The van der Waals surface area contributed by atoms with Crippen LogP contribution in [0, 0.1) is 0 Å². The molecule has 1 fully saturated rings. The average molecular weight is 449 g/mol. The zero-order valence-electron chi connectivity index (χ0n) is 16.8. The van der Waals surface area contributed by atoms with E-state index in [0.29, 0.717) is 42.9 Å². The van der Waals surface area contributed by atoms with Gasteiger partial charge in [0, 0.05) is 13.1 Å². The number of anilines is 1. The molecule has 0 bridgehead atoms. The van der Waals surface area contributed by atoms with E-state index in [-0.39, 0.29) is 4.90 Å². The van der Waals surface area contributed by atoms with Crippen LogP contribution >= 0.6 is 12.2 Å². The minimum atomic E-state index is -3.52. The highest BCUT2D eigenvalue weighted by Crippen LogP contribution is 2.22. The van der Waals surface area contributed by atoms with Crippen molar-refractivity contribution < 1.29 is 17.9 Å². The van der Waals surface area contributed by atoms with Crippen LogP contribution < -0.4 is 15.5 Å². The smallest absolute Gasteiger partial charge is 0.243 e. The number of rotatable bonds is 6. The number of hydrogen-bond acceptors (Lipinski definition) is 6. The van der Waals surface area contributed by atoms with Crippen LogP contribution in [-0.2, 0) is 14.8 Å². The third-order valence-electron chi connectivity index (χ3n) is 4.56. The largest absolute Gasteiger partial charge is 0.495 e. The van der Waals surface area contributed by atoms with E-state index >= 15 is 0 Å². The molecule has 0 aromatic heterocycles. The van der Waals surface area contributed by atoms with Gasteiger partial charge >= 0.3 is 0 Å². The summed E-state index contributed by atoms with van der Waals surface area (Å²) >= 11 is 5.27. The summed E-state index contributed by atoms with van der Waals surface area (Å²) in [6.45, 7) is 3.37. The van der Waals surface area contributed by atoms with Gasteiger partial charge < -0.3 is 14.8 Å². The van der Waals surface area contributed by atoms with Gasteiger partial charge in [0.05, 0.1) is 36.6 Å². The molecule has 2 aromatic rings. The van der Waals surface area contributed by atoms with Gasteiger partial charge in [-0.3, -0.25) is 5.43 Å². The summed E-state index contributed by atoms with van der Waals surface area (Å²) in [5.74, 6) is 0.666. The number of hydrazone groups is 1. The summed E-state index contributed by atoms with van der Waals surface area (Å²) in [7, 11) is -1.93. The van der Waals surface area contributed by atoms with E-state index in [1.807, 2.05) is 31.2 Å². The highest BCUT2D eigenvalue weighted by atomic mass is 32.2. The van der Waals surface area contributed by atoms with Crippen LogP contribution in [0.1, 0.15) is 12.5 Å². The number of benzene rings is 2. The second-order valence-electron chi connectivity index (χ2n) is 6.50. The fraction of sp³-hybridized carbons (Fsp3) is 0.300. The minimum Gasteiger partial charge on any atom is -0.495 e. The Balaban J connectivity index is 1.64. The maximum absolute atomic E-state index is 12.7. The quantitative estimate of drug-likeness (QED) is 0.398. The number of morpholine rings is 1. The third kappa shape index (κ3) is 5.33. The average Bonchev–Trinajstić information content (AvgIpc) is 2.78. The standard InChI is InChI=1S/C20H24N4O4S2/c1-15(22-23-20(29)21-18-5-3-4-6-19(18)27-2)16-7-9-17(10-8-16)30(25,26)24-11-13-28-14-12-24/h3-10H,11-14H2,1-2H3,(H2,21,23,29)/b22-15+. The second kappa shape index (κ2) is 9.98. The molecule has 0 amide bonds. The molecule has 160 valence electrons. The molecule has 1 aliphatic rings. The summed E-state index contributed by atoms with van der Waals surface area (Å²) in [5, 5.41) is 7.61. The van der Waals surface area contributed by atoms with Gasteiger partial charge in [0.2, 0.25) is 10.0 Å². The molecular weight excluding hydrogens is 424 g/mol. The Kier molecular flexibility index (Phi) is 7.38. The van der Waals surface area contributed by atoms with E-state index in [9.17, 15) is 8.42 Å². The van der Waals surface area contributed by atoms with Gasteiger partial charge in [-0.15, -0.1) is 0 Å². The van der Waals surface area contributed by atoms with Crippen LogP contribution in [0.2, 0.25) is 0 Å². The number of hydrogen-bond donors (Lipinski definition) is 2. The molecule has 0 saturated carbocycles. The Hall–Kier alpha value is -2.53. The molecular formula is C20H24N4O4S2. The number of thiocarbonyl (C=S) groups is 1. The number of ether oxygens (including phenoxy) is 2. The van der Waals surface area contributed by atoms with Crippen LogP contribution in [0.15, 0.2) is 58.5 Å². The fourth-order valence-corrected chi connectivity index (χ4v) is 4.47. The maximum Gasteiger partial charge on any atom is 0.243 e. The molecule has 8 nitrogen and oxygen atoms in total. The summed E-state index contributed by atoms with van der Waals surface area (Å²) in [6.07, 6.45) is 0. The van der Waals surface area contributed by atoms with Gasteiger partial charge in [0.1, 0.15) is 5.75 Å². The van der Waals surface area contributed by atoms with Crippen molar-refractivity contribution in [2.45, 2.75) is 11.8 Å². The summed E-state index contributed by atoms with van der Waals surface area (Å²) < 4.78 is 37.3. The number of nitrogens with zero attached hydrogens (tertiary/aromatic N) is 2. The van der Waals surface area contributed by atoms with Crippen LogP contribution in [0.25, 0.3) is 0 Å². The van der Waals surface area contributed by atoms with Crippen molar-refractivity contribution in [1.29, 1.82) is 0 Å². The topological polar surface area (TPSA) is 92.3 Å². The predicted octanol–water partition coefficient (Wildman–Crippen LogP) is 2.43. The van der Waals surface area contributed by atoms with E-state index < -0.39 is 10.0 Å². The minimum absolute atomic E-state index is 0.252. The second-order valence-corrected chi connectivity index (χ2v) is 8.85. The zero-order valence-corrected chi connectivity index (χ0v) is 18.4. The van der Waals surface area contributed by atoms with E-state index in [0.717, 1.165) is 11.3 Å². The summed E-state index contributed by atoms with van der Waals surface area (Å²) in [6, 6.07) is 14.0. The highest BCUT2D eigenvalue weighted by molar-refractivity contribution is 7.89. The van der Waals surface area contributed by atoms with Crippen molar-refractivity contribution in [2.75, 3.05) is 38.7 Å². The zero-order chi connectivity index (χ0) is 21.6.